The fourth-order valence-corrected chi connectivity index (χ4v) is 3.94. The molecule has 0 unspecified atom stereocenters. The fourth-order valence-electron chi connectivity index (χ4n) is 3.45. The van der Waals surface area contributed by atoms with Crippen molar-refractivity contribution in [1.82, 2.24) is 0 Å². The van der Waals surface area contributed by atoms with Gasteiger partial charge in [0.15, 0.2) is 12.4 Å². The summed E-state index contributed by atoms with van der Waals surface area (Å²) in [6, 6.07) is 17.8. The van der Waals surface area contributed by atoms with Gasteiger partial charge in [-0.15, -0.1) is 0 Å². The van der Waals surface area contributed by atoms with Gasteiger partial charge in [0.2, 0.25) is 11.2 Å². The number of ether oxygens (including phenoxy) is 1. The van der Waals surface area contributed by atoms with Crippen LogP contribution in [0.3, 0.4) is 0 Å². The van der Waals surface area contributed by atoms with E-state index in [4.69, 9.17) is 20.8 Å². The summed E-state index contributed by atoms with van der Waals surface area (Å²) in [7, 11) is 0. The average Bonchev–Trinajstić information content (AvgIpc) is 2.75. The van der Waals surface area contributed by atoms with E-state index >= 15 is 0 Å². The van der Waals surface area contributed by atoms with Gasteiger partial charge in [0.25, 0.3) is 5.91 Å². The van der Waals surface area contributed by atoms with E-state index in [0.717, 1.165) is 15.6 Å². The molecule has 1 aromatic heterocycles. The minimum atomic E-state index is -0.405. The highest BCUT2D eigenvalue weighted by Gasteiger charge is 2.21. The summed E-state index contributed by atoms with van der Waals surface area (Å²) in [4.78, 5) is 25.8. The first-order chi connectivity index (χ1) is 15.3. The van der Waals surface area contributed by atoms with Crippen LogP contribution < -0.4 is 15.5 Å². The van der Waals surface area contributed by atoms with Crippen molar-refractivity contribution >= 4 is 50.1 Å². The third-order valence-corrected chi connectivity index (χ3v) is 5.73. The number of halogens is 2. The number of amides is 1. The van der Waals surface area contributed by atoms with Crippen molar-refractivity contribution in [3.8, 4) is 17.1 Å². The molecule has 32 heavy (non-hydrogen) atoms. The Bertz CT molecular complexity index is 1380. The van der Waals surface area contributed by atoms with Crippen LogP contribution in [0, 0.1) is 13.8 Å². The zero-order valence-corrected chi connectivity index (χ0v) is 19.7. The van der Waals surface area contributed by atoms with Crippen molar-refractivity contribution in [2.75, 3.05) is 11.9 Å². The minimum absolute atomic E-state index is 0.0541. The molecular weight excluding hydrogens is 494 g/mol. The van der Waals surface area contributed by atoms with Crippen LogP contribution >= 0.6 is 27.5 Å². The average molecular weight is 513 g/mol. The van der Waals surface area contributed by atoms with E-state index in [9.17, 15) is 9.59 Å². The number of carbonyl (C=O) groups is 1. The van der Waals surface area contributed by atoms with Crippen LogP contribution in [-0.2, 0) is 4.79 Å². The second-order valence-electron chi connectivity index (χ2n) is 7.37. The molecule has 162 valence electrons. The van der Waals surface area contributed by atoms with E-state index in [1.807, 2.05) is 32.0 Å². The van der Waals surface area contributed by atoms with Crippen LogP contribution in [0.1, 0.15) is 11.1 Å². The second-order valence-corrected chi connectivity index (χ2v) is 8.69. The van der Waals surface area contributed by atoms with Crippen LogP contribution in [0.25, 0.3) is 22.3 Å². The monoisotopic (exact) mass is 511 g/mol. The van der Waals surface area contributed by atoms with Gasteiger partial charge >= 0.3 is 0 Å². The number of hydrogen-bond acceptors (Lipinski definition) is 4. The SMILES string of the molecule is Cc1cc(C)c2oc(-c3ccccc3Cl)c(OCC(=O)Nc3ccc(Br)cc3)c(=O)c2c1. The normalized spacial score (nSPS) is 10.9. The van der Waals surface area contributed by atoms with Crippen LogP contribution in [0.5, 0.6) is 5.75 Å². The Hall–Kier alpha value is -3.09. The van der Waals surface area contributed by atoms with Crippen LogP contribution in [0.4, 0.5) is 5.69 Å². The lowest BCUT2D eigenvalue weighted by Gasteiger charge is -2.14. The van der Waals surface area contributed by atoms with Gasteiger partial charge < -0.3 is 14.5 Å². The molecule has 3 aromatic carbocycles. The number of aryl methyl sites for hydroxylation is 2. The molecule has 1 amide bonds. The van der Waals surface area contributed by atoms with Gasteiger partial charge in [0.1, 0.15) is 5.58 Å². The zero-order chi connectivity index (χ0) is 22.8. The Labute approximate surface area is 198 Å². The van der Waals surface area contributed by atoms with E-state index in [2.05, 4.69) is 21.2 Å². The number of carbonyl (C=O) groups excluding carboxylic acids is 1. The largest absolute Gasteiger partial charge is 0.476 e. The predicted octanol–water partition coefficient (Wildman–Crippen LogP) is 6.51. The molecule has 0 aliphatic carbocycles. The lowest BCUT2D eigenvalue weighted by Crippen LogP contribution is -2.22. The van der Waals surface area contributed by atoms with Crippen LogP contribution in [0.15, 0.2) is 74.3 Å². The Balaban J connectivity index is 1.75. The maximum Gasteiger partial charge on any atom is 0.262 e. The lowest BCUT2D eigenvalue weighted by molar-refractivity contribution is -0.118. The van der Waals surface area contributed by atoms with Crippen molar-refractivity contribution in [3.63, 3.8) is 0 Å². The zero-order valence-electron chi connectivity index (χ0n) is 17.4. The van der Waals surface area contributed by atoms with Crippen molar-refractivity contribution in [2.24, 2.45) is 0 Å². The maximum atomic E-state index is 13.4. The van der Waals surface area contributed by atoms with E-state index in [-0.39, 0.29) is 23.5 Å². The molecule has 1 N–H and O–H groups in total. The highest BCUT2D eigenvalue weighted by Crippen LogP contribution is 2.36. The molecule has 5 nitrogen and oxygen atoms in total. The van der Waals surface area contributed by atoms with Gasteiger partial charge in [-0.25, -0.2) is 0 Å². The standard InChI is InChI=1S/C25H19BrClNO4/c1-14-11-15(2)23-19(12-14)22(30)25(24(32-23)18-5-3-4-6-20(18)27)31-13-21(29)28-17-9-7-16(26)8-10-17/h3-12H,13H2,1-2H3,(H,28,29). The number of hydrogen-bond donors (Lipinski definition) is 1. The Morgan fingerprint density at radius 1 is 1.09 bits per heavy atom. The summed E-state index contributed by atoms with van der Waals surface area (Å²) in [5, 5.41) is 3.54. The Morgan fingerprint density at radius 2 is 1.81 bits per heavy atom. The molecule has 0 spiro atoms. The predicted molar refractivity (Wildman–Crippen MR) is 131 cm³/mol. The molecule has 1 heterocycles. The van der Waals surface area contributed by atoms with Crippen LogP contribution in [0.2, 0.25) is 5.02 Å². The first-order valence-electron chi connectivity index (χ1n) is 9.84. The molecule has 0 aliphatic rings. The number of nitrogens with one attached hydrogen (secondary N) is 1. The topological polar surface area (TPSA) is 68.5 Å². The molecule has 4 aromatic rings. The highest BCUT2D eigenvalue weighted by molar-refractivity contribution is 9.10. The number of anilines is 1. The summed E-state index contributed by atoms with van der Waals surface area (Å²) >= 11 is 9.73. The van der Waals surface area contributed by atoms with Gasteiger partial charge in [-0.2, -0.15) is 0 Å². The van der Waals surface area contributed by atoms with Crippen molar-refractivity contribution in [2.45, 2.75) is 13.8 Å². The van der Waals surface area contributed by atoms with Gasteiger partial charge in [-0.3, -0.25) is 9.59 Å². The number of rotatable bonds is 5. The van der Waals surface area contributed by atoms with E-state index in [1.165, 1.54) is 0 Å². The molecule has 0 atom stereocenters. The van der Waals surface area contributed by atoms with Gasteiger partial charge in [0, 0.05) is 15.7 Å². The first kappa shape index (κ1) is 22.1. The number of benzene rings is 3. The second kappa shape index (κ2) is 9.18. The quantitative estimate of drug-likeness (QED) is 0.331. The Kier molecular flexibility index (Phi) is 6.35. The smallest absolute Gasteiger partial charge is 0.262 e. The third-order valence-electron chi connectivity index (χ3n) is 4.87. The lowest BCUT2D eigenvalue weighted by atomic mass is 10.1. The highest BCUT2D eigenvalue weighted by atomic mass is 79.9. The minimum Gasteiger partial charge on any atom is -0.476 e. The molecule has 0 bridgehead atoms. The molecule has 0 aliphatic heterocycles. The fraction of sp³-hybridized carbons (Fsp3) is 0.120. The molecule has 0 saturated carbocycles. The molecule has 7 heteroatoms. The van der Waals surface area contributed by atoms with E-state index in [0.29, 0.717) is 27.2 Å². The third kappa shape index (κ3) is 4.56. The summed E-state index contributed by atoms with van der Waals surface area (Å²) in [5.74, 6) is -0.268. The van der Waals surface area contributed by atoms with Gasteiger partial charge in [-0.05, 0) is 67.4 Å². The van der Waals surface area contributed by atoms with Gasteiger partial charge in [-0.1, -0.05) is 45.7 Å². The van der Waals surface area contributed by atoms with Crippen molar-refractivity contribution < 1.29 is 13.9 Å². The molecular formula is C25H19BrClNO4. The maximum absolute atomic E-state index is 13.4. The van der Waals surface area contributed by atoms with Crippen molar-refractivity contribution in [3.05, 3.63) is 91.5 Å². The Morgan fingerprint density at radius 3 is 2.53 bits per heavy atom. The number of fused-ring (bicyclic) bond motifs is 1. The summed E-state index contributed by atoms with van der Waals surface area (Å²) in [5.41, 5.74) is 2.98. The summed E-state index contributed by atoms with van der Waals surface area (Å²) in [6.45, 7) is 3.41. The molecule has 4 rings (SSSR count). The van der Waals surface area contributed by atoms with E-state index < -0.39 is 5.91 Å². The molecule has 0 fully saturated rings. The summed E-state index contributed by atoms with van der Waals surface area (Å²) in [6.07, 6.45) is 0. The van der Waals surface area contributed by atoms with Gasteiger partial charge in [0.05, 0.1) is 10.4 Å². The molecule has 0 radical (unpaired) electrons. The van der Waals surface area contributed by atoms with Crippen molar-refractivity contribution in [1.29, 1.82) is 0 Å². The van der Waals surface area contributed by atoms with Crippen LogP contribution in [-0.4, -0.2) is 12.5 Å². The summed E-state index contributed by atoms with van der Waals surface area (Å²) < 4.78 is 12.8. The first-order valence-corrected chi connectivity index (χ1v) is 11.0. The van der Waals surface area contributed by atoms with E-state index in [1.54, 1.807) is 42.5 Å². The molecule has 0 saturated heterocycles.